The number of hydrazone groups is 1. The maximum Gasteiger partial charge on any atom is 0.329 e. The summed E-state index contributed by atoms with van der Waals surface area (Å²) in [6.07, 6.45) is 1.27. The molecule has 3 aromatic rings. The Morgan fingerprint density at radius 2 is 1.72 bits per heavy atom. The van der Waals surface area contributed by atoms with E-state index in [0.717, 1.165) is 0 Å². The minimum Gasteiger partial charge on any atom is -0.494 e. The maximum atomic E-state index is 12.7. The second kappa shape index (κ2) is 10.6. The second-order valence-corrected chi connectivity index (χ2v) is 6.56. The van der Waals surface area contributed by atoms with Crippen LogP contribution in [0.15, 0.2) is 70.2 Å². The maximum absolute atomic E-state index is 12.7. The topological polar surface area (TPSA) is 122 Å². The number of nitrogens with zero attached hydrogens (tertiary/aromatic N) is 1. The first-order chi connectivity index (χ1) is 15.5. The number of amides is 3. The Bertz CT molecular complexity index is 1140. The first kappa shape index (κ1) is 22.3. The zero-order valence-corrected chi connectivity index (χ0v) is 17.5. The predicted molar refractivity (Wildman–Crippen MR) is 120 cm³/mol. The number of hydrogen-bond acceptors (Lipinski definition) is 6. The van der Waals surface area contributed by atoms with Crippen molar-refractivity contribution in [2.24, 2.45) is 5.10 Å². The van der Waals surface area contributed by atoms with Crippen LogP contribution in [0, 0.1) is 6.92 Å². The zero-order valence-electron chi connectivity index (χ0n) is 17.5. The van der Waals surface area contributed by atoms with Crippen molar-refractivity contribution in [2.75, 3.05) is 17.2 Å². The van der Waals surface area contributed by atoms with Crippen molar-refractivity contribution in [3.63, 3.8) is 0 Å². The molecular formula is C23H22N4O5. The number of furan rings is 1. The molecule has 164 valence electrons. The summed E-state index contributed by atoms with van der Waals surface area (Å²) in [5.41, 5.74) is 3.04. The van der Waals surface area contributed by atoms with Crippen molar-refractivity contribution in [3.05, 3.63) is 77.7 Å². The van der Waals surface area contributed by atoms with Gasteiger partial charge in [-0.25, -0.2) is 5.43 Å². The third-order valence-electron chi connectivity index (χ3n) is 4.17. The van der Waals surface area contributed by atoms with Gasteiger partial charge >= 0.3 is 11.8 Å². The van der Waals surface area contributed by atoms with Gasteiger partial charge in [-0.15, -0.1) is 0 Å². The standard InChI is InChI=1S/C23H22N4O5/c1-3-31-17-12-9-16(10-13-17)25-21(28)19-6-4-5-7-20(19)26-22(29)23(30)27-24-14-18-11-8-15(2)32-18/h4-14H,3H2,1-2H3,(H,25,28)(H,26,29)(H,27,30)/b24-14-. The Labute approximate surface area is 184 Å². The van der Waals surface area contributed by atoms with Crippen LogP contribution in [0.25, 0.3) is 0 Å². The van der Waals surface area contributed by atoms with E-state index in [0.29, 0.717) is 29.6 Å². The summed E-state index contributed by atoms with van der Waals surface area (Å²) in [5.74, 6) is -0.605. The highest BCUT2D eigenvalue weighted by molar-refractivity contribution is 6.40. The van der Waals surface area contributed by atoms with Crippen molar-refractivity contribution < 1.29 is 23.5 Å². The van der Waals surface area contributed by atoms with Crippen LogP contribution in [0.3, 0.4) is 0 Å². The molecule has 1 heterocycles. The van der Waals surface area contributed by atoms with Gasteiger partial charge in [0.15, 0.2) is 0 Å². The Morgan fingerprint density at radius 1 is 0.969 bits per heavy atom. The summed E-state index contributed by atoms with van der Waals surface area (Å²) in [6, 6.07) is 16.6. The van der Waals surface area contributed by atoms with Crippen molar-refractivity contribution in [1.82, 2.24) is 5.43 Å². The number of hydrogen-bond donors (Lipinski definition) is 3. The molecule has 3 N–H and O–H groups in total. The normalized spacial score (nSPS) is 10.6. The monoisotopic (exact) mass is 434 g/mol. The summed E-state index contributed by atoms with van der Waals surface area (Å²) >= 11 is 0. The van der Waals surface area contributed by atoms with Crippen molar-refractivity contribution in [2.45, 2.75) is 13.8 Å². The quantitative estimate of drug-likeness (QED) is 0.299. The Kier molecular flexibility index (Phi) is 7.37. The van der Waals surface area contributed by atoms with Crippen molar-refractivity contribution in [1.29, 1.82) is 0 Å². The number of para-hydroxylation sites is 1. The van der Waals surface area contributed by atoms with Gasteiger partial charge in [-0.05, 0) is 62.4 Å². The van der Waals surface area contributed by atoms with Crippen LogP contribution in [-0.2, 0) is 9.59 Å². The number of carbonyl (C=O) groups excluding carboxylic acids is 3. The highest BCUT2D eigenvalue weighted by Crippen LogP contribution is 2.19. The fraction of sp³-hybridized carbons (Fsp3) is 0.130. The number of aryl methyl sites for hydroxylation is 1. The second-order valence-electron chi connectivity index (χ2n) is 6.56. The highest BCUT2D eigenvalue weighted by atomic mass is 16.5. The summed E-state index contributed by atoms with van der Waals surface area (Å²) in [6.45, 7) is 4.19. The molecule has 0 aliphatic rings. The van der Waals surface area contributed by atoms with Gasteiger partial charge in [-0.1, -0.05) is 12.1 Å². The van der Waals surface area contributed by atoms with E-state index in [1.807, 2.05) is 6.92 Å². The molecule has 0 atom stereocenters. The molecule has 0 saturated heterocycles. The van der Waals surface area contributed by atoms with Crippen LogP contribution < -0.4 is 20.8 Å². The van der Waals surface area contributed by atoms with E-state index in [1.54, 1.807) is 55.5 Å². The molecule has 0 aliphatic heterocycles. The van der Waals surface area contributed by atoms with Crippen molar-refractivity contribution in [3.8, 4) is 5.75 Å². The van der Waals surface area contributed by atoms with Crippen LogP contribution in [0.2, 0.25) is 0 Å². The Hall–Kier alpha value is -4.40. The lowest BCUT2D eigenvalue weighted by Gasteiger charge is -2.11. The van der Waals surface area contributed by atoms with Gasteiger partial charge in [0, 0.05) is 5.69 Å². The Balaban J connectivity index is 1.62. The van der Waals surface area contributed by atoms with Gasteiger partial charge in [-0.3, -0.25) is 14.4 Å². The van der Waals surface area contributed by atoms with Crippen LogP contribution >= 0.6 is 0 Å². The van der Waals surface area contributed by atoms with Gasteiger partial charge in [0.25, 0.3) is 5.91 Å². The summed E-state index contributed by atoms with van der Waals surface area (Å²) in [7, 11) is 0. The van der Waals surface area contributed by atoms with Gasteiger partial charge < -0.3 is 19.8 Å². The Morgan fingerprint density at radius 3 is 2.41 bits per heavy atom. The van der Waals surface area contributed by atoms with E-state index in [1.165, 1.54) is 18.3 Å². The van der Waals surface area contributed by atoms with E-state index >= 15 is 0 Å². The number of nitrogens with one attached hydrogen (secondary N) is 3. The molecule has 0 unspecified atom stereocenters. The minimum absolute atomic E-state index is 0.182. The fourth-order valence-corrected chi connectivity index (χ4v) is 2.70. The molecule has 9 heteroatoms. The van der Waals surface area contributed by atoms with Crippen LogP contribution in [-0.4, -0.2) is 30.5 Å². The molecule has 0 saturated carbocycles. The molecule has 3 rings (SSSR count). The molecule has 3 amide bonds. The lowest BCUT2D eigenvalue weighted by atomic mass is 10.1. The van der Waals surface area contributed by atoms with Gasteiger partial charge in [-0.2, -0.15) is 5.10 Å². The molecule has 0 fully saturated rings. The predicted octanol–water partition coefficient (Wildman–Crippen LogP) is 3.33. The smallest absolute Gasteiger partial charge is 0.329 e. The average Bonchev–Trinajstić information content (AvgIpc) is 3.20. The first-order valence-corrected chi connectivity index (χ1v) is 9.80. The summed E-state index contributed by atoms with van der Waals surface area (Å²) < 4.78 is 10.7. The molecule has 1 aromatic heterocycles. The minimum atomic E-state index is -0.994. The molecule has 32 heavy (non-hydrogen) atoms. The van der Waals surface area contributed by atoms with Gasteiger partial charge in [0.1, 0.15) is 17.3 Å². The summed E-state index contributed by atoms with van der Waals surface area (Å²) in [5, 5.41) is 8.85. The number of anilines is 2. The van der Waals surface area contributed by atoms with Crippen LogP contribution in [0.4, 0.5) is 11.4 Å². The van der Waals surface area contributed by atoms with Crippen LogP contribution in [0.5, 0.6) is 5.75 Å². The fourth-order valence-electron chi connectivity index (χ4n) is 2.70. The van der Waals surface area contributed by atoms with Crippen molar-refractivity contribution >= 4 is 35.3 Å². The molecule has 2 aromatic carbocycles. The van der Waals surface area contributed by atoms with E-state index in [-0.39, 0.29) is 11.3 Å². The lowest BCUT2D eigenvalue weighted by molar-refractivity contribution is -0.136. The van der Waals surface area contributed by atoms with Gasteiger partial charge in [0.2, 0.25) is 0 Å². The number of benzene rings is 2. The zero-order chi connectivity index (χ0) is 22.9. The molecule has 9 nitrogen and oxygen atoms in total. The number of carbonyl (C=O) groups is 3. The molecule has 0 spiro atoms. The lowest BCUT2D eigenvalue weighted by Crippen LogP contribution is -2.33. The number of rotatable bonds is 7. The summed E-state index contributed by atoms with van der Waals surface area (Å²) in [4.78, 5) is 36.9. The third kappa shape index (κ3) is 6.05. The SMILES string of the molecule is CCOc1ccc(NC(=O)c2ccccc2NC(=O)C(=O)N/N=C\c2ccc(C)o2)cc1. The molecule has 0 radical (unpaired) electrons. The van der Waals surface area contributed by atoms with E-state index in [9.17, 15) is 14.4 Å². The number of ether oxygens (including phenoxy) is 1. The van der Waals surface area contributed by atoms with E-state index in [2.05, 4.69) is 21.2 Å². The molecule has 0 bridgehead atoms. The third-order valence-corrected chi connectivity index (χ3v) is 4.17. The average molecular weight is 434 g/mol. The molecular weight excluding hydrogens is 412 g/mol. The largest absolute Gasteiger partial charge is 0.494 e. The highest BCUT2D eigenvalue weighted by Gasteiger charge is 2.18. The van der Waals surface area contributed by atoms with E-state index in [4.69, 9.17) is 9.15 Å². The first-order valence-electron chi connectivity index (χ1n) is 9.80. The van der Waals surface area contributed by atoms with Crippen LogP contribution in [0.1, 0.15) is 28.8 Å². The van der Waals surface area contributed by atoms with E-state index < -0.39 is 17.7 Å². The molecule has 0 aliphatic carbocycles. The van der Waals surface area contributed by atoms with Gasteiger partial charge in [0.05, 0.1) is 24.1 Å².